The molecular formula is C18H37N5O. The number of hydrogen-bond acceptors (Lipinski definition) is 4. The maximum Gasteiger partial charge on any atom is 0.193 e. The summed E-state index contributed by atoms with van der Waals surface area (Å²) in [6, 6.07) is 0. The fraction of sp³-hybridized carbons (Fsp3) is 0.944. The maximum atomic E-state index is 5.49. The lowest BCUT2D eigenvalue weighted by molar-refractivity contribution is 0.140. The minimum Gasteiger partial charge on any atom is -0.381 e. The summed E-state index contributed by atoms with van der Waals surface area (Å²) >= 11 is 0. The highest BCUT2D eigenvalue weighted by Crippen LogP contribution is 2.13. The average molecular weight is 340 g/mol. The molecule has 2 unspecified atom stereocenters. The molecule has 2 atom stereocenters. The second-order valence-electron chi connectivity index (χ2n) is 7.51. The monoisotopic (exact) mass is 339 g/mol. The van der Waals surface area contributed by atoms with E-state index in [0.717, 1.165) is 45.4 Å². The number of rotatable bonds is 7. The highest BCUT2D eigenvalue weighted by atomic mass is 16.5. The Balaban J connectivity index is 1.78. The number of ether oxygens (including phenoxy) is 1. The fourth-order valence-electron chi connectivity index (χ4n) is 3.44. The van der Waals surface area contributed by atoms with Crippen molar-refractivity contribution in [2.24, 2.45) is 16.8 Å². The van der Waals surface area contributed by atoms with Gasteiger partial charge in [0.05, 0.1) is 6.61 Å². The largest absolute Gasteiger partial charge is 0.381 e. The molecule has 6 nitrogen and oxygen atoms in total. The van der Waals surface area contributed by atoms with Gasteiger partial charge in [-0.1, -0.05) is 6.92 Å². The molecule has 140 valence electrons. The summed E-state index contributed by atoms with van der Waals surface area (Å²) in [5, 5.41) is 3.44. The number of piperazine rings is 1. The number of nitrogens with one attached hydrogen (secondary N) is 1. The van der Waals surface area contributed by atoms with Crippen molar-refractivity contribution in [3.05, 3.63) is 0 Å². The van der Waals surface area contributed by atoms with Crippen molar-refractivity contribution < 1.29 is 4.74 Å². The number of aliphatic imine (C=N–C) groups is 1. The van der Waals surface area contributed by atoms with Gasteiger partial charge >= 0.3 is 0 Å². The first-order valence-corrected chi connectivity index (χ1v) is 9.56. The molecular weight excluding hydrogens is 302 g/mol. The van der Waals surface area contributed by atoms with Gasteiger partial charge in [0, 0.05) is 71.9 Å². The lowest BCUT2D eigenvalue weighted by Crippen LogP contribution is -2.46. The van der Waals surface area contributed by atoms with E-state index in [1.165, 1.54) is 32.6 Å². The standard InChI is InChI=1S/C18H37N5O/c1-5-19-18(22(4)14-17-6-11-24-15-17)20-12-16(2)13-23-9-7-21(3)8-10-23/h16-17H,5-15H2,1-4H3,(H,19,20). The molecule has 0 radical (unpaired) electrons. The first-order chi connectivity index (χ1) is 11.6. The summed E-state index contributed by atoms with van der Waals surface area (Å²) < 4.78 is 5.49. The van der Waals surface area contributed by atoms with Crippen molar-refractivity contribution in [1.82, 2.24) is 20.0 Å². The zero-order valence-corrected chi connectivity index (χ0v) is 16.1. The van der Waals surface area contributed by atoms with E-state index in [0.29, 0.717) is 11.8 Å². The Morgan fingerprint density at radius 3 is 2.71 bits per heavy atom. The zero-order chi connectivity index (χ0) is 17.4. The van der Waals surface area contributed by atoms with Crippen LogP contribution in [0.5, 0.6) is 0 Å². The summed E-state index contributed by atoms with van der Waals surface area (Å²) in [6.07, 6.45) is 1.17. The van der Waals surface area contributed by atoms with Gasteiger partial charge in [0.15, 0.2) is 5.96 Å². The van der Waals surface area contributed by atoms with E-state index >= 15 is 0 Å². The summed E-state index contributed by atoms with van der Waals surface area (Å²) in [6.45, 7) is 15.0. The molecule has 0 aromatic carbocycles. The molecule has 24 heavy (non-hydrogen) atoms. The Hall–Kier alpha value is -0.850. The average Bonchev–Trinajstić information content (AvgIpc) is 3.06. The number of guanidine groups is 1. The molecule has 2 heterocycles. The molecule has 0 aliphatic carbocycles. The Kier molecular flexibility index (Phi) is 8.29. The minimum absolute atomic E-state index is 0.588. The van der Waals surface area contributed by atoms with E-state index in [1.807, 2.05) is 0 Å². The lowest BCUT2D eigenvalue weighted by Gasteiger charge is -2.33. The summed E-state index contributed by atoms with van der Waals surface area (Å²) in [4.78, 5) is 12.1. The lowest BCUT2D eigenvalue weighted by atomic mass is 10.1. The number of likely N-dealkylation sites (N-methyl/N-ethyl adjacent to an activating group) is 1. The Morgan fingerprint density at radius 1 is 1.33 bits per heavy atom. The van der Waals surface area contributed by atoms with Crippen molar-refractivity contribution in [2.45, 2.75) is 20.3 Å². The van der Waals surface area contributed by atoms with Gasteiger partial charge in [-0.25, -0.2) is 0 Å². The van der Waals surface area contributed by atoms with Crippen LogP contribution in [0.4, 0.5) is 0 Å². The molecule has 0 bridgehead atoms. The number of nitrogens with zero attached hydrogens (tertiary/aromatic N) is 4. The van der Waals surface area contributed by atoms with E-state index in [2.05, 4.69) is 48.0 Å². The second kappa shape index (κ2) is 10.2. The van der Waals surface area contributed by atoms with Crippen LogP contribution in [0, 0.1) is 11.8 Å². The first-order valence-electron chi connectivity index (χ1n) is 9.56. The summed E-state index contributed by atoms with van der Waals surface area (Å²) in [5.41, 5.74) is 0. The van der Waals surface area contributed by atoms with E-state index in [-0.39, 0.29) is 0 Å². The normalized spacial score (nSPS) is 25.0. The van der Waals surface area contributed by atoms with Crippen molar-refractivity contribution in [3.63, 3.8) is 0 Å². The highest BCUT2D eigenvalue weighted by molar-refractivity contribution is 5.79. The van der Waals surface area contributed by atoms with Gasteiger partial charge in [-0.15, -0.1) is 0 Å². The van der Waals surface area contributed by atoms with Gasteiger partial charge in [0.25, 0.3) is 0 Å². The van der Waals surface area contributed by atoms with E-state index in [1.54, 1.807) is 0 Å². The Bertz CT molecular complexity index is 376. The third-order valence-corrected chi connectivity index (χ3v) is 4.97. The maximum absolute atomic E-state index is 5.49. The van der Waals surface area contributed by atoms with Crippen LogP contribution in [0.2, 0.25) is 0 Å². The summed E-state index contributed by atoms with van der Waals surface area (Å²) in [5.74, 6) is 2.27. The third kappa shape index (κ3) is 6.57. The van der Waals surface area contributed by atoms with Crippen molar-refractivity contribution >= 4 is 5.96 Å². The van der Waals surface area contributed by atoms with Crippen LogP contribution in [0.1, 0.15) is 20.3 Å². The second-order valence-corrected chi connectivity index (χ2v) is 7.51. The van der Waals surface area contributed by atoms with Gasteiger partial charge in [-0.2, -0.15) is 0 Å². The minimum atomic E-state index is 0.588. The predicted octanol–water partition coefficient (Wildman–Crippen LogP) is 0.804. The molecule has 1 N–H and O–H groups in total. The van der Waals surface area contributed by atoms with Crippen molar-refractivity contribution in [2.75, 3.05) is 79.7 Å². The third-order valence-electron chi connectivity index (χ3n) is 4.97. The molecule has 0 aromatic rings. The fourth-order valence-corrected chi connectivity index (χ4v) is 3.44. The molecule has 0 amide bonds. The van der Waals surface area contributed by atoms with Crippen LogP contribution in [-0.4, -0.2) is 100 Å². The molecule has 2 aliphatic rings. The molecule has 0 spiro atoms. The van der Waals surface area contributed by atoms with Crippen LogP contribution < -0.4 is 5.32 Å². The van der Waals surface area contributed by atoms with E-state index in [9.17, 15) is 0 Å². The first kappa shape index (κ1) is 19.5. The number of hydrogen-bond donors (Lipinski definition) is 1. The van der Waals surface area contributed by atoms with Crippen LogP contribution in [0.15, 0.2) is 4.99 Å². The zero-order valence-electron chi connectivity index (χ0n) is 16.1. The Morgan fingerprint density at radius 2 is 2.08 bits per heavy atom. The van der Waals surface area contributed by atoms with Gasteiger partial charge < -0.3 is 24.8 Å². The van der Waals surface area contributed by atoms with Gasteiger partial charge in [0.1, 0.15) is 0 Å². The topological polar surface area (TPSA) is 43.3 Å². The van der Waals surface area contributed by atoms with Crippen LogP contribution >= 0.6 is 0 Å². The molecule has 2 rings (SSSR count). The van der Waals surface area contributed by atoms with Crippen molar-refractivity contribution in [3.8, 4) is 0 Å². The Labute approximate surface area is 148 Å². The summed E-state index contributed by atoms with van der Waals surface area (Å²) in [7, 11) is 4.35. The smallest absolute Gasteiger partial charge is 0.193 e. The van der Waals surface area contributed by atoms with E-state index in [4.69, 9.17) is 9.73 Å². The molecule has 2 saturated heterocycles. The van der Waals surface area contributed by atoms with Gasteiger partial charge in [-0.3, -0.25) is 4.99 Å². The quantitative estimate of drug-likeness (QED) is 0.549. The SMILES string of the molecule is CCNC(=NCC(C)CN1CCN(C)CC1)N(C)CC1CCOC1. The van der Waals surface area contributed by atoms with Crippen LogP contribution in [0.3, 0.4) is 0 Å². The molecule has 2 fully saturated rings. The van der Waals surface area contributed by atoms with Crippen molar-refractivity contribution in [1.29, 1.82) is 0 Å². The van der Waals surface area contributed by atoms with Crippen LogP contribution in [-0.2, 0) is 4.74 Å². The molecule has 0 saturated carbocycles. The van der Waals surface area contributed by atoms with Gasteiger partial charge in [-0.05, 0) is 26.3 Å². The molecule has 0 aromatic heterocycles. The van der Waals surface area contributed by atoms with Gasteiger partial charge in [0.2, 0.25) is 0 Å². The van der Waals surface area contributed by atoms with E-state index < -0.39 is 0 Å². The van der Waals surface area contributed by atoms with Crippen LogP contribution in [0.25, 0.3) is 0 Å². The molecule has 6 heteroatoms. The highest BCUT2D eigenvalue weighted by Gasteiger charge is 2.20. The predicted molar refractivity (Wildman–Crippen MR) is 101 cm³/mol. The molecule has 2 aliphatic heterocycles.